The van der Waals surface area contributed by atoms with E-state index in [1.165, 1.54) is 0 Å². The largest absolute Gasteiger partial charge is 0.376 e. The predicted octanol–water partition coefficient (Wildman–Crippen LogP) is 1.15. The molecule has 0 N–H and O–H groups in total. The molecule has 0 radical (unpaired) electrons. The molecule has 1 atom stereocenters. The number of pyridine rings is 1. The van der Waals surface area contributed by atoms with Crippen molar-refractivity contribution in [2.45, 2.75) is 25.5 Å². The number of hydrogen-bond donors (Lipinski definition) is 0. The Hall–Kier alpha value is -1.46. The van der Waals surface area contributed by atoms with Crippen molar-refractivity contribution in [3.05, 3.63) is 30.1 Å². The smallest absolute Gasteiger partial charge is 0.219 e. The van der Waals surface area contributed by atoms with Crippen LogP contribution in [0.15, 0.2) is 24.5 Å². The molecule has 1 aromatic rings. The van der Waals surface area contributed by atoms with Crippen molar-refractivity contribution in [3.63, 3.8) is 0 Å². The van der Waals surface area contributed by atoms with Gasteiger partial charge in [-0.1, -0.05) is 0 Å². The first kappa shape index (κ1) is 14.5. The highest BCUT2D eigenvalue weighted by molar-refractivity contribution is 5.74. The van der Waals surface area contributed by atoms with Crippen LogP contribution in [-0.4, -0.2) is 59.5 Å². The van der Waals surface area contributed by atoms with Crippen LogP contribution in [0.1, 0.15) is 18.9 Å². The SMILES string of the molecule is CC(=O)N1CC2(CC(COCc3ccncc3)CN2C)C1. The van der Waals surface area contributed by atoms with Crippen molar-refractivity contribution in [1.82, 2.24) is 14.8 Å². The van der Waals surface area contributed by atoms with Crippen molar-refractivity contribution in [2.24, 2.45) is 5.92 Å². The summed E-state index contributed by atoms with van der Waals surface area (Å²) in [6, 6.07) is 3.97. The second-order valence-corrected chi connectivity index (χ2v) is 6.42. The fraction of sp³-hybridized carbons (Fsp3) is 0.625. The van der Waals surface area contributed by atoms with Gasteiger partial charge >= 0.3 is 0 Å². The summed E-state index contributed by atoms with van der Waals surface area (Å²) in [4.78, 5) is 19.7. The molecule has 114 valence electrons. The third-order valence-corrected chi connectivity index (χ3v) is 4.80. The number of likely N-dealkylation sites (N-methyl/N-ethyl adjacent to an activating group) is 1. The maximum atomic E-state index is 11.4. The molecule has 1 unspecified atom stereocenters. The molecule has 0 bridgehead atoms. The zero-order valence-corrected chi connectivity index (χ0v) is 12.8. The van der Waals surface area contributed by atoms with Gasteiger partial charge in [0.15, 0.2) is 0 Å². The average molecular weight is 289 g/mol. The van der Waals surface area contributed by atoms with E-state index in [4.69, 9.17) is 4.74 Å². The average Bonchev–Trinajstić information content (AvgIpc) is 2.75. The van der Waals surface area contributed by atoms with Crippen LogP contribution in [0.5, 0.6) is 0 Å². The van der Waals surface area contributed by atoms with Crippen LogP contribution in [0, 0.1) is 5.92 Å². The molecule has 0 saturated carbocycles. The third kappa shape index (κ3) is 2.94. The topological polar surface area (TPSA) is 45.7 Å². The molecule has 2 saturated heterocycles. The van der Waals surface area contributed by atoms with Gasteiger partial charge < -0.3 is 9.64 Å². The molecular weight excluding hydrogens is 266 g/mol. The van der Waals surface area contributed by atoms with E-state index in [0.29, 0.717) is 12.5 Å². The van der Waals surface area contributed by atoms with Crippen LogP contribution in [0.4, 0.5) is 0 Å². The summed E-state index contributed by atoms with van der Waals surface area (Å²) in [6.07, 6.45) is 4.72. The molecule has 1 spiro atoms. The fourth-order valence-corrected chi connectivity index (χ4v) is 3.53. The second-order valence-electron chi connectivity index (χ2n) is 6.42. The normalized spacial score (nSPS) is 24.3. The van der Waals surface area contributed by atoms with Gasteiger partial charge in [-0.25, -0.2) is 0 Å². The summed E-state index contributed by atoms with van der Waals surface area (Å²) in [5.74, 6) is 0.748. The Morgan fingerprint density at radius 2 is 2.14 bits per heavy atom. The van der Waals surface area contributed by atoms with Gasteiger partial charge in [0.05, 0.1) is 18.8 Å². The second kappa shape index (κ2) is 5.73. The van der Waals surface area contributed by atoms with E-state index < -0.39 is 0 Å². The number of amides is 1. The van der Waals surface area contributed by atoms with E-state index >= 15 is 0 Å². The van der Waals surface area contributed by atoms with E-state index in [9.17, 15) is 4.79 Å². The van der Waals surface area contributed by atoms with Crippen LogP contribution in [0.25, 0.3) is 0 Å². The molecule has 3 rings (SSSR count). The Kier molecular flexibility index (Phi) is 3.95. The summed E-state index contributed by atoms with van der Waals surface area (Å²) in [5.41, 5.74) is 1.37. The van der Waals surface area contributed by atoms with Crippen LogP contribution in [0.2, 0.25) is 0 Å². The van der Waals surface area contributed by atoms with Gasteiger partial charge in [0, 0.05) is 39.0 Å². The van der Waals surface area contributed by atoms with Gasteiger partial charge in [0.2, 0.25) is 5.91 Å². The lowest BCUT2D eigenvalue weighted by Gasteiger charge is -2.51. The van der Waals surface area contributed by atoms with Crippen LogP contribution < -0.4 is 0 Å². The van der Waals surface area contributed by atoms with Gasteiger partial charge in [-0.05, 0) is 37.1 Å². The van der Waals surface area contributed by atoms with Crippen LogP contribution in [-0.2, 0) is 16.1 Å². The summed E-state index contributed by atoms with van der Waals surface area (Å²) in [6.45, 7) is 5.89. The summed E-state index contributed by atoms with van der Waals surface area (Å²) in [7, 11) is 2.17. The number of likely N-dealkylation sites (tertiary alicyclic amines) is 2. The maximum absolute atomic E-state index is 11.4. The number of nitrogens with zero attached hydrogens (tertiary/aromatic N) is 3. The lowest BCUT2D eigenvalue weighted by Crippen LogP contribution is -2.67. The molecule has 2 fully saturated rings. The van der Waals surface area contributed by atoms with Crippen molar-refractivity contribution < 1.29 is 9.53 Å². The summed E-state index contributed by atoms with van der Waals surface area (Å²) < 4.78 is 5.85. The molecule has 0 aromatic carbocycles. The monoisotopic (exact) mass is 289 g/mol. The molecular formula is C16H23N3O2. The van der Waals surface area contributed by atoms with Gasteiger partial charge in [-0.15, -0.1) is 0 Å². The van der Waals surface area contributed by atoms with E-state index in [1.54, 1.807) is 19.3 Å². The Morgan fingerprint density at radius 3 is 2.81 bits per heavy atom. The highest BCUT2D eigenvalue weighted by atomic mass is 16.5. The lowest BCUT2D eigenvalue weighted by atomic mass is 9.84. The molecule has 0 aliphatic carbocycles. The van der Waals surface area contributed by atoms with E-state index in [0.717, 1.165) is 38.2 Å². The maximum Gasteiger partial charge on any atom is 0.219 e. The molecule has 5 nitrogen and oxygen atoms in total. The number of carbonyl (C=O) groups is 1. The van der Waals surface area contributed by atoms with Crippen LogP contribution >= 0.6 is 0 Å². The first-order valence-corrected chi connectivity index (χ1v) is 7.52. The minimum atomic E-state index is 0.186. The molecule has 1 aromatic heterocycles. The van der Waals surface area contributed by atoms with E-state index in [2.05, 4.69) is 16.9 Å². The molecule has 2 aliphatic rings. The van der Waals surface area contributed by atoms with Gasteiger partial charge in [-0.3, -0.25) is 14.7 Å². The van der Waals surface area contributed by atoms with Gasteiger partial charge in [-0.2, -0.15) is 0 Å². The standard InChI is InChI=1S/C16H23N3O2/c1-13(20)19-11-16(12-19)7-15(8-18(16)2)10-21-9-14-3-5-17-6-4-14/h3-6,15H,7-12H2,1-2H3. The molecule has 21 heavy (non-hydrogen) atoms. The highest BCUT2D eigenvalue weighted by Gasteiger charge is 2.52. The summed E-state index contributed by atoms with van der Waals surface area (Å²) >= 11 is 0. The minimum Gasteiger partial charge on any atom is -0.376 e. The van der Waals surface area contributed by atoms with Gasteiger partial charge in [0.25, 0.3) is 0 Å². The van der Waals surface area contributed by atoms with Crippen molar-refractivity contribution >= 4 is 5.91 Å². The Morgan fingerprint density at radius 1 is 1.43 bits per heavy atom. The quantitative estimate of drug-likeness (QED) is 0.834. The molecule has 3 heterocycles. The Balaban J connectivity index is 1.45. The first-order valence-electron chi connectivity index (χ1n) is 7.52. The van der Waals surface area contributed by atoms with Crippen LogP contribution in [0.3, 0.4) is 0 Å². The van der Waals surface area contributed by atoms with Crippen molar-refractivity contribution in [2.75, 3.05) is 33.3 Å². The number of aromatic nitrogens is 1. The lowest BCUT2D eigenvalue weighted by molar-refractivity contribution is -0.141. The first-order chi connectivity index (χ1) is 10.1. The Labute approximate surface area is 125 Å². The van der Waals surface area contributed by atoms with E-state index in [-0.39, 0.29) is 11.4 Å². The number of rotatable bonds is 4. The van der Waals surface area contributed by atoms with E-state index in [1.807, 2.05) is 17.0 Å². The zero-order chi connectivity index (χ0) is 14.9. The molecule has 5 heteroatoms. The zero-order valence-electron chi connectivity index (χ0n) is 12.8. The number of carbonyl (C=O) groups excluding carboxylic acids is 1. The molecule has 2 aliphatic heterocycles. The van der Waals surface area contributed by atoms with Gasteiger partial charge in [0.1, 0.15) is 0 Å². The van der Waals surface area contributed by atoms with Crippen molar-refractivity contribution in [1.29, 1.82) is 0 Å². The predicted molar refractivity (Wildman–Crippen MR) is 79.6 cm³/mol. The molecule has 1 amide bonds. The number of ether oxygens (including phenoxy) is 1. The van der Waals surface area contributed by atoms with Crippen molar-refractivity contribution in [3.8, 4) is 0 Å². The fourth-order valence-electron chi connectivity index (χ4n) is 3.53. The highest BCUT2D eigenvalue weighted by Crippen LogP contribution is 2.39. The Bertz CT molecular complexity index is 500. The number of hydrogen-bond acceptors (Lipinski definition) is 4. The minimum absolute atomic E-state index is 0.186. The summed E-state index contributed by atoms with van der Waals surface area (Å²) in [5, 5.41) is 0. The third-order valence-electron chi connectivity index (χ3n) is 4.80.